The van der Waals surface area contributed by atoms with Crippen LogP contribution in [0.15, 0.2) is 48.5 Å². The van der Waals surface area contributed by atoms with Crippen molar-refractivity contribution in [2.75, 3.05) is 24.7 Å². The number of hydroxylamine groups is 1. The van der Waals surface area contributed by atoms with E-state index in [0.29, 0.717) is 42.2 Å². The van der Waals surface area contributed by atoms with E-state index in [1.54, 1.807) is 0 Å². The summed E-state index contributed by atoms with van der Waals surface area (Å²) in [5, 5.41) is 3.36. The van der Waals surface area contributed by atoms with Crippen LogP contribution in [0.5, 0.6) is 0 Å². The van der Waals surface area contributed by atoms with Gasteiger partial charge in [0.2, 0.25) is 5.95 Å². The first kappa shape index (κ1) is 28.1. The monoisotopic (exact) mass is 601 g/mol. The fourth-order valence-corrected chi connectivity index (χ4v) is 6.90. The molecule has 2 aromatic carbocycles. The standard InChI is InChI=1S/C32H36ClN7O3/c1-19-8-10-21(11-9-19)17-40-27-26(23-14-20(2)15-24(33)16-23)34-29(30-37-32(41)43-38-30)35-28(27)36-31(40)39-12-13-42-18-25(39)22-6-4-3-5-7-22/h3-7,14-16,19,21,25,30,38H,8-13,17-18H2,1-2H3,(H,37,41)/t19?,21?,25-,30?/m0/s1. The number of fused-ring (bicyclic) bond motifs is 1. The number of rotatable bonds is 6. The van der Waals surface area contributed by atoms with E-state index in [0.717, 1.165) is 40.7 Å². The van der Waals surface area contributed by atoms with E-state index in [4.69, 9.17) is 36.1 Å². The lowest BCUT2D eigenvalue weighted by molar-refractivity contribution is 0.0927. The number of amides is 1. The van der Waals surface area contributed by atoms with E-state index in [2.05, 4.69) is 57.5 Å². The maximum Gasteiger partial charge on any atom is 0.427 e. The molecule has 2 saturated heterocycles. The molecule has 4 heterocycles. The van der Waals surface area contributed by atoms with Crippen molar-refractivity contribution in [1.29, 1.82) is 0 Å². The summed E-state index contributed by atoms with van der Waals surface area (Å²) in [5.41, 5.74) is 7.93. The van der Waals surface area contributed by atoms with Crippen molar-refractivity contribution in [3.05, 3.63) is 70.5 Å². The first-order chi connectivity index (χ1) is 20.9. The Balaban J connectivity index is 1.44. The number of aryl methyl sites for hydroxylation is 1. The van der Waals surface area contributed by atoms with Gasteiger partial charge in [0.1, 0.15) is 11.2 Å². The molecule has 1 saturated carbocycles. The van der Waals surface area contributed by atoms with Gasteiger partial charge in [-0.2, -0.15) is 4.98 Å². The number of hydrogen-bond donors (Lipinski definition) is 2. The fourth-order valence-electron chi connectivity index (χ4n) is 6.61. The van der Waals surface area contributed by atoms with Gasteiger partial charge in [-0.05, 0) is 60.9 Å². The van der Waals surface area contributed by atoms with E-state index >= 15 is 0 Å². The van der Waals surface area contributed by atoms with Crippen LogP contribution in [-0.2, 0) is 16.1 Å². The number of carbonyl (C=O) groups is 1. The second-order valence-corrected chi connectivity index (χ2v) is 12.5. The van der Waals surface area contributed by atoms with Crippen molar-refractivity contribution in [2.24, 2.45) is 11.8 Å². The second-order valence-electron chi connectivity index (χ2n) is 12.0. The number of ether oxygens (including phenoxy) is 1. The van der Waals surface area contributed by atoms with Gasteiger partial charge < -0.3 is 19.0 Å². The zero-order valence-electron chi connectivity index (χ0n) is 24.4. The number of hydrogen-bond acceptors (Lipinski definition) is 8. The molecule has 3 aliphatic rings. The Bertz CT molecular complexity index is 1620. The Morgan fingerprint density at radius 3 is 2.60 bits per heavy atom. The van der Waals surface area contributed by atoms with Gasteiger partial charge in [-0.15, -0.1) is 5.48 Å². The largest absolute Gasteiger partial charge is 0.427 e. The first-order valence-electron chi connectivity index (χ1n) is 15.1. The van der Waals surface area contributed by atoms with Crippen molar-refractivity contribution in [1.82, 2.24) is 30.3 Å². The lowest BCUT2D eigenvalue weighted by Crippen LogP contribution is -2.41. The van der Waals surface area contributed by atoms with E-state index in [9.17, 15) is 4.79 Å². The maximum atomic E-state index is 11.9. The van der Waals surface area contributed by atoms with Gasteiger partial charge in [0, 0.05) is 23.7 Å². The van der Waals surface area contributed by atoms with Gasteiger partial charge in [0.05, 0.1) is 19.3 Å². The molecule has 3 fully saturated rings. The molecule has 4 aromatic rings. The molecule has 224 valence electrons. The number of nitrogens with zero attached hydrogens (tertiary/aromatic N) is 5. The second kappa shape index (κ2) is 11.7. The minimum absolute atomic E-state index is 0.00497. The highest BCUT2D eigenvalue weighted by Crippen LogP contribution is 2.38. The van der Waals surface area contributed by atoms with Crippen molar-refractivity contribution in [3.63, 3.8) is 0 Å². The summed E-state index contributed by atoms with van der Waals surface area (Å²) in [5.74, 6) is 2.50. The zero-order valence-corrected chi connectivity index (χ0v) is 25.2. The Labute approximate surface area is 255 Å². The van der Waals surface area contributed by atoms with Crippen molar-refractivity contribution in [3.8, 4) is 11.3 Å². The quantitative estimate of drug-likeness (QED) is 0.273. The van der Waals surface area contributed by atoms with Crippen LogP contribution < -0.4 is 15.7 Å². The number of carbonyl (C=O) groups excluding carboxylic acids is 1. The highest BCUT2D eigenvalue weighted by Gasteiger charge is 2.34. The van der Waals surface area contributed by atoms with Crippen LogP contribution in [-0.4, -0.2) is 45.4 Å². The average Bonchev–Trinajstić information content (AvgIpc) is 3.61. The van der Waals surface area contributed by atoms with Crippen LogP contribution in [0.4, 0.5) is 10.7 Å². The molecule has 0 bridgehead atoms. The van der Waals surface area contributed by atoms with Gasteiger partial charge >= 0.3 is 6.09 Å². The molecule has 2 aromatic heterocycles. The molecule has 1 amide bonds. The van der Waals surface area contributed by atoms with Crippen LogP contribution in [0.1, 0.15) is 61.8 Å². The summed E-state index contributed by atoms with van der Waals surface area (Å²) in [7, 11) is 0. The predicted molar refractivity (Wildman–Crippen MR) is 164 cm³/mol. The predicted octanol–water partition coefficient (Wildman–Crippen LogP) is 6.10. The van der Waals surface area contributed by atoms with E-state index in [1.165, 1.54) is 31.2 Å². The summed E-state index contributed by atoms with van der Waals surface area (Å²) in [6.45, 7) is 7.06. The molecular weight excluding hydrogens is 566 g/mol. The Morgan fingerprint density at radius 2 is 1.86 bits per heavy atom. The number of nitrogens with one attached hydrogen (secondary N) is 2. The third-order valence-corrected chi connectivity index (χ3v) is 9.07. The molecule has 7 rings (SSSR count). The Kier molecular flexibility index (Phi) is 7.67. The SMILES string of the molecule is Cc1cc(Cl)cc(-c2nc(C3NOC(=O)N3)nc3nc(N4CCOC[C@H]4c4ccccc4)n(CC4CCC(C)CC4)c23)c1. The number of morpholine rings is 1. The summed E-state index contributed by atoms with van der Waals surface area (Å²) in [4.78, 5) is 34.4. The van der Waals surface area contributed by atoms with Crippen LogP contribution in [0.25, 0.3) is 22.4 Å². The van der Waals surface area contributed by atoms with Gasteiger partial charge in [-0.3, -0.25) is 5.32 Å². The number of imidazole rings is 1. The third-order valence-electron chi connectivity index (χ3n) is 8.85. The van der Waals surface area contributed by atoms with E-state index < -0.39 is 12.3 Å². The van der Waals surface area contributed by atoms with Crippen molar-refractivity contribution in [2.45, 2.75) is 58.3 Å². The summed E-state index contributed by atoms with van der Waals surface area (Å²) in [6, 6.07) is 16.4. The highest BCUT2D eigenvalue weighted by atomic mass is 35.5. The molecule has 0 spiro atoms. The van der Waals surface area contributed by atoms with Gasteiger partial charge in [0.15, 0.2) is 17.6 Å². The molecule has 1 unspecified atom stereocenters. The van der Waals surface area contributed by atoms with Gasteiger partial charge in [-0.25, -0.2) is 14.8 Å². The minimum atomic E-state index is -0.704. The van der Waals surface area contributed by atoms with Gasteiger partial charge in [-0.1, -0.05) is 61.7 Å². The molecule has 2 aliphatic heterocycles. The summed E-state index contributed by atoms with van der Waals surface area (Å²) < 4.78 is 8.33. The summed E-state index contributed by atoms with van der Waals surface area (Å²) in [6.07, 6.45) is 3.52. The van der Waals surface area contributed by atoms with Crippen LogP contribution in [0, 0.1) is 18.8 Å². The average molecular weight is 602 g/mol. The van der Waals surface area contributed by atoms with E-state index in [-0.39, 0.29) is 6.04 Å². The molecule has 2 N–H and O–H groups in total. The number of anilines is 1. The fraction of sp³-hybridized carbons (Fsp3) is 0.438. The molecule has 10 nitrogen and oxygen atoms in total. The normalized spacial score (nSPS) is 24.3. The lowest BCUT2D eigenvalue weighted by atomic mass is 9.83. The topological polar surface area (TPSA) is 106 Å². The first-order valence-corrected chi connectivity index (χ1v) is 15.5. The maximum absolute atomic E-state index is 11.9. The molecule has 43 heavy (non-hydrogen) atoms. The minimum Gasteiger partial charge on any atom is -0.377 e. The summed E-state index contributed by atoms with van der Waals surface area (Å²) >= 11 is 6.58. The van der Waals surface area contributed by atoms with E-state index in [1.807, 2.05) is 25.1 Å². The molecule has 11 heteroatoms. The molecule has 1 aliphatic carbocycles. The third kappa shape index (κ3) is 5.67. The zero-order chi connectivity index (χ0) is 29.5. The number of halogens is 1. The van der Waals surface area contributed by atoms with Crippen LogP contribution >= 0.6 is 11.6 Å². The van der Waals surface area contributed by atoms with Crippen molar-refractivity contribution < 1.29 is 14.4 Å². The number of aromatic nitrogens is 4. The molecule has 2 atom stereocenters. The smallest absolute Gasteiger partial charge is 0.377 e. The lowest BCUT2D eigenvalue weighted by Gasteiger charge is -2.37. The Hall–Kier alpha value is -3.73. The Morgan fingerprint density at radius 1 is 1.05 bits per heavy atom. The molecular formula is C32H36ClN7O3. The van der Waals surface area contributed by atoms with Crippen LogP contribution in [0.3, 0.4) is 0 Å². The van der Waals surface area contributed by atoms with Crippen LogP contribution in [0.2, 0.25) is 5.02 Å². The number of benzene rings is 2. The highest BCUT2D eigenvalue weighted by molar-refractivity contribution is 6.31. The van der Waals surface area contributed by atoms with Crippen molar-refractivity contribution >= 4 is 34.8 Å². The molecule has 0 radical (unpaired) electrons. The van der Waals surface area contributed by atoms with Gasteiger partial charge in [0.25, 0.3) is 0 Å².